The summed E-state index contributed by atoms with van der Waals surface area (Å²) < 4.78 is 6.31. The molecule has 0 fully saturated rings. The maximum absolute atomic E-state index is 5.55. The van der Waals surface area contributed by atoms with E-state index in [1.54, 1.807) is 13.3 Å². The number of hydrogen-bond donors (Lipinski definition) is 0. The number of aliphatic imine (C=N–C) groups is 1. The van der Waals surface area contributed by atoms with Gasteiger partial charge >= 0.3 is 0 Å². The summed E-state index contributed by atoms with van der Waals surface area (Å²) in [5, 5.41) is 0. The molecule has 1 heterocycles. The van der Waals surface area contributed by atoms with Crippen molar-refractivity contribution in [2.45, 2.75) is 0 Å². The van der Waals surface area contributed by atoms with Crippen LogP contribution < -0.4 is 0 Å². The number of hydrogen-bond acceptors (Lipinski definition) is 3. The molecule has 0 saturated carbocycles. The maximum atomic E-state index is 5.55. The van der Waals surface area contributed by atoms with Crippen LogP contribution in [0.5, 0.6) is 0 Å². The van der Waals surface area contributed by atoms with Gasteiger partial charge in [0.2, 0.25) is 0 Å². The van der Waals surface area contributed by atoms with E-state index in [4.69, 9.17) is 16.5 Å². The lowest BCUT2D eigenvalue weighted by Gasteiger charge is -2.13. The second-order valence-corrected chi connectivity index (χ2v) is 2.06. The van der Waals surface area contributed by atoms with Crippen LogP contribution in [-0.2, 0) is 4.74 Å². The molecular weight excluding hydrogens is 140 g/mol. The van der Waals surface area contributed by atoms with Crippen molar-refractivity contribution in [3.63, 3.8) is 0 Å². The first kappa shape index (κ1) is 6.42. The molecule has 9 heavy (non-hydrogen) atoms. The molecule has 1 rings (SSSR count). The number of rotatable bonds is 1. The minimum atomic E-state index is 0.585. The third kappa shape index (κ3) is 1.61. The molecule has 0 amide bonds. The van der Waals surface area contributed by atoms with Gasteiger partial charge in [-0.3, -0.25) is 4.42 Å². The Hall–Kier alpha value is -0.700. The van der Waals surface area contributed by atoms with Crippen molar-refractivity contribution < 1.29 is 4.74 Å². The Morgan fingerprint density at radius 2 is 2.67 bits per heavy atom. The SMILES string of the molecule is COC1=CN=CN(Cl)C1. The molecule has 1 aliphatic rings. The van der Waals surface area contributed by atoms with E-state index in [1.807, 2.05) is 0 Å². The topological polar surface area (TPSA) is 24.8 Å². The highest BCUT2D eigenvalue weighted by Gasteiger charge is 2.03. The zero-order chi connectivity index (χ0) is 6.69. The highest BCUT2D eigenvalue weighted by atomic mass is 35.5. The van der Waals surface area contributed by atoms with Crippen molar-refractivity contribution in [3.05, 3.63) is 12.0 Å². The third-order valence-corrected chi connectivity index (χ3v) is 1.19. The molecule has 50 valence electrons. The standard InChI is InChI=1S/C5H7ClN2O/c1-9-5-2-7-4-8(6)3-5/h2,4H,3H2,1H3. The zero-order valence-corrected chi connectivity index (χ0v) is 5.80. The van der Waals surface area contributed by atoms with Crippen molar-refractivity contribution in [2.75, 3.05) is 13.7 Å². The van der Waals surface area contributed by atoms with Gasteiger partial charge in [0.05, 0.1) is 19.9 Å². The first-order valence-corrected chi connectivity index (χ1v) is 2.85. The lowest BCUT2D eigenvalue weighted by Crippen LogP contribution is -2.16. The van der Waals surface area contributed by atoms with Gasteiger partial charge in [0, 0.05) is 11.8 Å². The van der Waals surface area contributed by atoms with Crippen LogP contribution in [0.2, 0.25) is 0 Å². The lowest BCUT2D eigenvalue weighted by molar-refractivity contribution is 0.271. The largest absolute Gasteiger partial charge is 0.498 e. The highest BCUT2D eigenvalue weighted by Crippen LogP contribution is 2.05. The van der Waals surface area contributed by atoms with Crippen LogP contribution in [0, 0.1) is 0 Å². The van der Waals surface area contributed by atoms with Gasteiger partial charge in [0.15, 0.2) is 0 Å². The molecule has 0 unspecified atom stereocenters. The minimum Gasteiger partial charge on any atom is -0.498 e. The van der Waals surface area contributed by atoms with Gasteiger partial charge in [0.25, 0.3) is 0 Å². The Balaban J connectivity index is 2.55. The normalized spacial score (nSPS) is 17.6. The van der Waals surface area contributed by atoms with Crippen molar-refractivity contribution in [3.8, 4) is 0 Å². The summed E-state index contributed by atoms with van der Waals surface area (Å²) in [6, 6.07) is 0. The summed E-state index contributed by atoms with van der Waals surface area (Å²) >= 11 is 5.55. The van der Waals surface area contributed by atoms with Gasteiger partial charge in [-0.15, -0.1) is 0 Å². The van der Waals surface area contributed by atoms with Gasteiger partial charge in [0.1, 0.15) is 12.1 Å². The molecular formula is C5H7ClN2O. The molecule has 3 nitrogen and oxygen atoms in total. The van der Waals surface area contributed by atoms with E-state index >= 15 is 0 Å². The van der Waals surface area contributed by atoms with Crippen LogP contribution in [0.3, 0.4) is 0 Å². The molecule has 0 aromatic heterocycles. The molecule has 0 atom stereocenters. The molecule has 1 aliphatic heterocycles. The maximum Gasteiger partial charge on any atom is 0.135 e. The first-order valence-electron chi connectivity index (χ1n) is 2.51. The van der Waals surface area contributed by atoms with Crippen LogP contribution in [0.25, 0.3) is 0 Å². The van der Waals surface area contributed by atoms with E-state index in [0.29, 0.717) is 6.54 Å². The molecule has 0 aromatic carbocycles. The van der Waals surface area contributed by atoms with Gasteiger partial charge in [-0.25, -0.2) is 4.99 Å². The molecule has 0 aliphatic carbocycles. The molecule has 0 radical (unpaired) electrons. The van der Waals surface area contributed by atoms with Crippen LogP contribution in [0.15, 0.2) is 17.0 Å². The van der Waals surface area contributed by atoms with Crippen molar-refractivity contribution in [1.29, 1.82) is 0 Å². The Labute approximate surface area is 58.7 Å². The van der Waals surface area contributed by atoms with E-state index in [-0.39, 0.29) is 0 Å². The fraction of sp³-hybridized carbons (Fsp3) is 0.400. The fourth-order valence-corrected chi connectivity index (χ4v) is 0.705. The van der Waals surface area contributed by atoms with E-state index in [9.17, 15) is 0 Å². The number of halogens is 1. The Bertz CT molecular complexity index is 155. The van der Waals surface area contributed by atoms with Gasteiger partial charge in [-0.1, -0.05) is 0 Å². The monoisotopic (exact) mass is 146 g/mol. The molecule has 0 saturated heterocycles. The van der Waals surface area contributed by atoms with Crippen molar-refractivity contribution >= 4 is 18.1 Å². The number of ether oxygens (including phenoxy) is 1. The van der Waals surface area contributed by atoms with E-state index < -0.39 is 0 Å². The predicted molar refractivity (Wildman–Crippen MR) is 36.1 cm³/mol. The summed E-state index contributed by atoms with van der Waals surface area (Å²) in [6.07, 6.45) is 3.17. The first-order chi connectivity index (χ1) is 4.33. The minimum absolute atomic E-state index is 0.585. The molecule has 0 spiro atoms. The molecule has 0 N–H and O–H groups in total. The van der Waals surface area contributed by atoms with Crippen LogP contribution in [0.1, 0.15) is 0 Å². The fourth-order valence-electron chi connectivity index (χ4n) is 0.537. The smallest absolute Gasteiger partial charge is 0.135 e. The summed E-state index contributed by atoms with van der Waals surface area (Å²) in [5.74, 6) is 0.771. The summed E-state index contributed by atoms with van der Waals surface area (Å²) in [7, 11) is 1.59. The second kappa shape index (κ2) is 2.73. The van der Waals surface area contributed by atoms with Crippen molar-refractivity contribution in [2.24, 2.45) is 4.99 Å². The van der Waals surface area contributed by atoms with Gasteiger partial charge < -0.3 is 4.74 Å². The lowest BCUT2D eigenvalue weighted by atomic mass is 10.5. The molecule has 0 aromatic rings. The average Bonchev–Trinajstić information content (AvgIpc) is 1.88. The van der Waals surface area contributed by atoms with E-state index in [1.165, 1.54) is 10.8 Å². The van der Waals surface area contributed by atoms with Crippen LogP contribution in [0.4, 0.5) is 0 Å². The summed E-state index contributed by atoms with van der Waals surface area (Å²) in [4.78, 5) is 3.79. The predicted octanol–water partition coefficient (Wildman–Crippen LogP) is 0.972. The average molecular weight is 147 g/mol. The molecule has 4 heteroatoms. The quantitative estimate of drug-likeness (QED) is 0.515. The second-order valence-electron chi connectivity index (χ2n) is 1.62. The Morgan fingerprint density at radius 1 is 1.89 bits per heavy atom. The molecule has 0 bridgehead atoms. The van der Waals surface area contributed by atoms with Gasteiger partial charge in [-0.05, 0) is 0 Å². The zero-order valence-electron chi connectivity index (χ0n) is 5.04. The van der Waals surface area contributed by atoms with E-state index in [2.05, 4.69) is 4.99 Å². The number of methoxy groups -OCH3 is 1. The third-order valence-electron chi connectivity index (χ3n) is 0.980. The Kier molecular flexibility index (Phi) is 1.95. The van der Waals surface area contributed by atoms with Crippen molar-refractivity contribution in [1.82, 2.24) is 4.42 Å². The van der Waals surface area contributed by atoms with E-state index in [0.717, 1.165) is 5.76 Å². The Morgan fingerprint density at radius 3 is 3.11 bits per heavy atom. The van der Waals surface area contributed by atoms with Crippen LogP contribution >= 0.6 is 11.8 Å². The highest BCUT2D eigenvalue weighted by molar-refractivity contribution is 6.19. The summed E-state index contributed by atoms with van der Waals surface area (Å²) in [5.41, 5.74) is 0. The number of nitrogens with zero attached hydrogens (tertiary/aromatic N) is 2. The summed E-state index contributed by atoms with van der Waals surface area (Å²) in [6.45, 7) is 0.585. The van der Waals surface area contributed by atoms with Gasteiger partial charge in [-0.2, -0.15) is 0 Å². The van der Waals surface area contributed by atoms with Crippen LogP contribution in [-0.4, -0.2) is 24.4 Å².